The van der Waals surface area contributed by atoms with E-state index in [0.29, 0.717) is 5.69 Å². The number of aliphatic hydroxyl groups is 1. The van der Waals surface area contributed by atoms with E-state index in [1.165, 1.54) is 0 Å². The van der Waals surface area contributed by atoms with Gasteiger partial charge in [-0.3, -0.25) is 9.67 Å². The van der Waals surface area contributed by atoms with Crippen LogP contribution in [0.5, 0.6) is 0 Å². The third-order valence-electron chi connectivity index (χ3n) is 1.97. The fraction of sp³-hybridized carbons (Fsp3) is 0.200. The highest BCUT2D eigenvalue weighted by molar-refractivity contribution is 5.56. The highest BCUT2D eigenvalue weighted by Crippen LogP contribution is 2.15. The Morgan fingerprint density at radius 1 is 1.43 bits per heavy atom. The van der Waals surface area contributed by atoms with Crippen molar-refractivity contribution in [2.24, 2.45) is 7.05 Å². The zero-order chi connectivity index (χ0) is 9.97. The van der Waals surface area contributed by atoms with Crippen LogP contribution in [-0.4, -0.2) is 19.9 Å². The van der Waals surface area contributed by atoms with Crippen LogP contribution in [0.1, 0.15) is 5.69 Å². The summed E-state index contributed by atoms with van der Waals surface area (Å²) in [6, 6.07) is 5.57. The van der Waals surface area contributed by atoms with Crippen molar-refractivity contribution in [1.29, 1.82) is 0 Å². The number of aliphatic hydroxyl groups excluding tert-OH is 1. The Morgan fingerprint density at radius 2 is 2.29 bits per heavy atom. The summed E-state index contributed by atoms with van der Waals surface area (Å²) in [5, 5.41) is 13.0. The van der Waals surface area contributed by atoms with Gasteiger partial charge in [-0.1, -0.05) is 6.07 Å². The zero-order valence-electron chi connectivity index (χ0n) is 7.88. The Kier molecular flexibility index (Phi) is 2.28. The van der Waals surface area contributed by atoms with Crippen molar-refractivity contribution in [3.05, 3.63) is 36.3 Å². The summed E-state index contributed by atoms with van der Waals surface area (Å²) in [6.07, 6.45) is 3.65. The Balaban J connectivity index is 2.41. The van der Waals surface area contributed by atoms with E-state index in [4.69, 9.17) is 5.11 Å². The van der Waals surface area contributed by atoms with Crippen LogP contribution in [0, 0.1) is 0 Å². The average molecular weight is 189 g/mol. The molecular formula is C10H11N3O. The van der Waals surface area contributed by atoms with Gasteiger partial charge < -0.3 is 5.11 Å². The summed E-state index contributed by atoms with van der Waals surface area (Å²) in [6.45, 7) is -0.0336. The maximum Gasteiger partial charge on any atom is 0.0853 e. The first-order valence-electron chi connectivity index (χ1n) is 4.35. The second-order valence-electron chi connectivity index (χ2n) is 3.07. The highest BCUT2D eigenvalue weighted by Gasteiger charge is 2.01. The first kappa shape index (κ1) is 8.90. The predicted octanol–water partition coefficient (Wildman–Crippen LogP) is 0.974. The SMILES string of the molecule is Cn1cc(-c2cccc(CO)n2)cn1. The van der Waals surface area contributed by atoms with E-state index in [9.17, 15) is 0 Å². The number of hydrogen-bond donors (Lipinski definition) is 1. The van der Waals surface area contributed by atoms with E-state index >= 15 is 0 Å². The zero-order valence-corrected chi connectivity index (χ0v) is 7.88. The molecule has 0 fully saturated rings. The normalized spacial score (nSPS) is 10.4. The highest BCUT2D eigenvalue weighted by atomic mass is 16.3. The molecule has 0 amide bonds. The van der Waals surface area contributed by atoms with Gasteiger partial charge >= 0.3 is 0 Å². The fourth-order valence-corrected chi connectivity index (χ4v) is 1.28. The maximum atomic E-state index is 8.93. The minimum Gasteiger partial charge on any atom is -0.390 e. The van der Waals surface area contributed by atoms with Gasteiger partial charge in [-0.25, -0.2) is 0 Å². The second kappa shape index (κ2) is 3.59. The van der Waals surface area contributed by atoms with Crippen molar-refractivity contribution in [2.75, 3.05) is 0 Å². The molecule has 0 aliphatic heterocycles. The molecule has 0 spiro atoms. The summed E-state index contributed by atoms with van der Waals surface area (Å²) in [7, 11) is 1.86. The van der Waals surface area contributed by atoms with Crippen molar-refractivity contribution < 1.29 is 5.11 Å². The van der Waals surface area contributed by atoms with Crippen LogP contribution in [0.3, 0.4) is 0 Å². The lowest BCUT2D eigenvalue weighted by molar-refractivity contribution is 0.277. The van der Waals surface area contributed by atoms with Crippen molar-refractivity contribution in [2.45, 2.75) is 6.61 Å². The molecule has 0 aromatic carbocycles. The topological polar surface area (TPSA) is 50.9 Å². The van der Waals surface area contributed by atoms with Crippen LogP contribution in [0.25, 0.3) is 11.3 Å². The standard InChI is InChI=1S/C10H11N3O/c1-13-6-8(5-11-13)10-4-2-3-9(7-14)12-10/h2-6,14H,7H2,1H3. The van der Waals surface area contributed by atoms with Crippen LogP contribution in [0.4, 0.5) is 0 Å². The van der Waals surface area contributed by atoms with Crippen LogP contribution in [0.15, 0.2) is 30.6 Å². The van der Waals surface area contributed by atoms with Crippen molar-refractivity contribution in [3.63, 3.8) is 0 Å². The van der Waals surface area contributed by atoms with Gasteiger partial charge in [0.1, 0.15) is 0 Å². The summed E-state index contributed by atoms with van der Waals surface area (Å²) in [5.74, 6) is 0. The molecule has 72 valence electrons. The first-order valence-corrected chi connectivity index (χ1v) is 4.35. The Bertz CT molecular complexity index is 436. The molecule has 4 nitrogen and oxygen atoms in total. The number of aryl methyl sites for hydroxylation is 1. The van der Waals surface area contributed by atoms with Crippen molar-refractivity contribution in [3.8, 4) is 11.3 Å². The van der Waals surface area contributed by atoms with E-state index < -0.39 is 0 Å². The molecule has 0 bridgehead atoms. The lowest BCUT2D eigenvalue weighted by atomic mass is 10.2. The van der Waals surface area contributed by atoms with Crippen LogP contribution >= 0.6 is 0 Å². The third kappa shape index (κ3) is 1.65. The largest absolute Gasteiger partial charge is 0.390 e. The summed E-state index contributed by atoms with van der Waals surface area (Å²) >= 11 is 0. The minimum atomic E-state index is -0.0336. The molecule has 0 aliphatic carbocycles. The molecule has 2 rings (SSSR count). The van der Waals surface area contributed by atoms with Crippen LogP contribution in [-0.2, 0) is 13.7 Å². The molecule has 0 radical (unpaired) electrons. The summed E-state index contributed by atoms with van der Waals surface area (Å²) in [5.41, 5.74) is 2.47. The van der Waals surface area contributed by atoms with E-state index in [1.54, 1.807) is 16.9 Å². The number of pyridine rings is 1. The molecule has 0 aliphatic rings. The lowest BCUT2D eigenvalue weighted by Crippen LogP contribution is -1.90. The predicted molar refractivity (Wildman–Crippen MR) is 52.4 cm³/mol. The molecule has 4 heteroatoms. The molecule has 0 atom stereocenters. The third-order valence-corrected chi connectivity index (χ3v) is 1.97. The molecule has 0 unspecified atom stereocenters. The van der Waals surface area contributed by atoms with Gasteiger partial charge in [-0.15, -0.1) is 0 Å². The Hall–Kier alpha value is -1.68. The second-order valence-corrected chi connectivity index (χ2v) is 3.07. The average Bonchev–Trinajstić information content (AvgIpc) is 2.65. The molecule has 2 aromatic rings. The molecule has 2 heterocycles. The minimum absolute atomic E-state index is 0.0336. The molecular weight excluding hydrogens is 178 g/mol. The fourth-order valence-electron chi connectivity index (χ4n) is 1.28. The Labute approximate surface area is 81.8 Å². The van der Waals surface area contributed by atoms with Crippen LogP contribution in [0.2, 0.25) is 0 Å². The van der Waals surface area contributed by atoms with E-state index in [1.807, 2.05) is 25.4 Å². The van der Waals surface area contributed by atoms with Gasteiger partial charge in [0.15, 0.2) is 0 Å². The lowest BCUT2D eigenvalue weighted by Gasteiger charge is -1.98. The van der Waals surface area contributed by atoms with Crippen molar-refractivity contribution in [1.82, 2.24) is 14.8 Å². The van der Waals surface area contributed by atoms with Gasteiger partial charge in [0.25, 0.3) is 0 Å². The van der Waals surface area contributed by atoms with Gasteiger partial charge in [-0.05, 0) is 12.1 Å². The molecule has 1 N–H and O–H groups in total. The number of aromatic nitrogens is 3. The molecule has 0 saturated carbocycles. The molecule has 2 aromatic heterocycles. The van der Waals surface area contributed by atoms with Gasteiger partial charge in [0, 0.05) is 18.8 Å². The van der Waals surface area contributed by atoms with E-state index in [-0.39, 0.29) is 6.61 Å². The summed E-state index contributed by atoms with van der Waals surface area (Å²) in [4.78, 5) is 4.27. The first-order chi connectivity index (χ1) is 6.79. The van der Waals surface area contributed by atoms with Crippen molar-refractivity contribution >= 4 is 0 Å². The molecule has 14 heavy (non-hydrogen) atoms. The van der Waals surface area contributed by atoms with Gasteiger partial charge in [0.05, 0.1) is 24.2 Å². The monoisotopic (exact) mass is 189 g/mol. The number of rotatable bonds is 2. The van der Waals surface area contributed by atoms with Crippen LogP contribution < -0.4 is 0 Å². The summed E-state index contributed by atoms with van der Waals surface area (Å²) < 4.78 is 1.72. The van der Waals surface area contributed by atoms with Gasteiger partial charge in [0.2, 0.25) is 0 Å². The molecule has 0 saturated heterocycles. The maximum absolute atomic E-state index is 8.93. The number of hydrogen-bond acceptors (Lipinski definition) is 3. The van der Waals surface area contributed by atoms with E-state index in [2.05, 4.69) is 10.1 Å². The smallest absolute Gasteiger partial charge is 0.0853 e. The van der Waals surface area contributed by atoms with Gasteiger partial charge in [-0.2, -0.15) is 5.10 Å². The number of nitrogens with zero attached hydrogens (tertiary/aromatic N) is 3. The van der Waals surface area contributed by atoms with E-state index in [0.717, 1.165) is 11.3 Å². The quantitative estimate of drug-likeness (QED) is 0.766. The Morgan fingerprint density at radius 3 is 2.93 bits per heavy atom.